The third kappa shape index (κ3) is 5.77. The van der Waals surface area contributed by atoms with Gasteiger partial charge in [-0.15, -0.1) is 0 Å². The van der Waals surface area contributed by atoms with Crippen LogP contribution in [0.15, 0.2) is 12.4 Å². The van der Waals surface area contributed by atoms with E-state index in [0.717, 1.165) is 25.9 Å². The smallest absolute Gasteiger partial charge is 0.0521 e. The molecule has 0 bridgehead atoms. The first-order chi connectivity index (χ1) is 8.97. The third-order valence-corrected chi connectivity index (χ3v) is 3.55. The fourth-order valence-corrected chi connectivity index (χ4v) is 2.36. The van der Waals surface area contributed by atoms with Gasteiger partial charge in [0, 0.05) is 18.8 Å². The molecular weight excluding hydrogens is 234 g/mol. The van der Waals surface area contributed by atoms with Crippen LogP contribution in [-0.4, -0.2) is 22.4 Å². The van der Waals surface area contributed by atoms with Gasteiger partial charge in [0.1, 0.15) is 0 Å². The molecule has 0 saturated carbocycles. The lowest BCUT2D eigenvalue weighted by Gasteiger charge is -2.31. The summed E-state index contributed by atoms with van der Waals surface area (Å²) < 4.78 is 2.06. The summed E-state index contributed by atoms with van der Waals surface area (Å²) in [5.74, 6) is 0. The van der Waals surface area contributed by atoms with E-state index in [-0.39, 0.29) is 0 Å². The number of aromatic nitrogens is 2. The predicted molar refractivity (Wildman–Crippen MR) is 82.4 cm³/mol. The minimum atomic E-state index is 0.314. The van der Waals surface area contributed by atoms with Crippen LogP contribution >= 0.6 is 0 Å². The van der Waals surface area contributed by atoms with Crippen LogP contribution in [0.1, 0.15) is 59.4 Å². The molecule has 0 aliphatic heterocycles. The van der Waals surface area contributed by atoms with E-state index in [1.165, 1.54) is 18.4 Å². The number of hydrogen-bond donors (Lipinski definition) is 1. The first-order valence-electron chi connectivity index (χ1n) is 7.72. The Kier molecular flexibility index (Phi) is 6.56. The molecule has 0 radical (unpaired) electrons. The number of nitrogens with zero attached hydrogens (tertiary/aromatic N) is 2. The summed E-state index contributed by atoms with van der Waals surface area (Å²) in [6.45, 7) is 13.5. The van der Waals surface area contributed by atoms with Crippen molar-refractivity contribution in [2.75, 3.05) is 6.54 Å². The van der Waals surface area contributed by atoms with Gasteiger partial charge in [0.15, 0.2) is 0 Å². The SMILES string of the molecule is CCCNC(CCc1cnn(CCC)c1)C(C)(C)C. The van der Waals surface area contributed by atoms with Gasteiger partial charge in [-0.3, -0.25) is 4.68 Å². The molecule has 0 spiro atoms. The number of hydrogen-bond acceptors (Lipinski definition) is 2. The van der Waals surface area contributed by atoms with E-state index in [9.17, 15) is 0 Å². The van der Waals surface area contributed by atoms with E-state index in [1.807, 2.05) is 6.20 Å². The standard InChI is InChI=1S/C16H31N3/c1-6-10-17-15(16(3,4)5)9-8-14-12-18-19(13-14)11-7-2/h12-13,15,17H,6-11H2,1-5H3. The van der Waals surface area contributed by atoms with Crippen molar-refractivity contribution in [3.05, 3.63) is 18.0 Å². The Bertz CT molecular complexity index is 349. The molecule has 3 heteroatoms. The lowest BCUT2D eigenvalue weighted by Crippen LogP contribution is -2.41. The zero-order valence-corrected chi connectivity index (χ0v) is 13.4. The molecule has 1 rings (SSSR count). The molecule has 0 amide bonds. The van der Waals surface area contributed by atoms with Crippen LogP contribution in [0.25, 0.3) is 0 Å². The van der Waals surface area contributed by atoms with Crippen LogP contribution < -0.4 is 5.32 Å². The van der Waals surface area contributed by atoms with Gasteiger partial charge >= 0.3 is 0 Å². The molecule has 1 atom stereocenters. The monoisotopic (exact) mass is 265 g/mol. The second-order valence-electron chi connectivity index (χ2n) is 6.52. The molecule has 1 aromatic rings. The summed E-state index contributed by atoms with van der Waals surface area (Å²) in [6.07, 6.45) is 8.85. The maximum Gasteiger partial charge on any atom is 0.0521 e. The zero-order chi connectivity index (χ0) is 14.3. The summed E-state index contributed by atoms with van der Waals surface area (Å²) in [5.41, 5.74) is 1.68. The van der Waals surface area contributed by atoms with Crippen LogP contribution in [-0.2, 0) is 13.0 Å². The van der Waals surface area contributed by atoms with Gasteiger partial charge in [0.25, 0.3) is 0 Å². The van der Waals surface area contributed by atoms with Gasteiger partial charge in [-0.1, -0.05) is 34.6 Å². The van der Waals surface area contributed by atoms with Crippen LogP contribution in [0, 0.1) is 5.41 Å². The van der Waals surface area contributed by atoms with Crippen LogP contribution in [0.3, 0.4) is 0 Å². The quantitative estimate of drug-likeness (QED) is 0.777. The Hall–Kier alpha value is -0.830. The number of rotatable bonds is 8. The average Bonchev–Trinajstić information content (AvgIpc) is 2.76. The Morgan fingerprint density at radius 1 is 1.26 bits per heavy atom. The minimum Gasteiger partial charge on any atom is -0.313 e. The Balaban J connectivity index is 2.50. The van der Waals surface area contributed by atoms with E-state index in [0.29, 0.717) is 11.5 Å². The van der Waals surface area contributed by atoms with Gasteiger partial charge < -0.3 is 5.32 Å². The van der Waals surface area contributed by atoms with E-state index in [1.54, 1.807) is 0 Å². The molecule has 1 N–H and O–H groups in total. The van der Waals surface area contributed by atoms with E-state index in [4.69, 9.17) is 0 Å². The Labute approximate surface area is 118 Å². The van der Waals surface area contributed by atoms with Gasteiger partial charge in [-0.2, -0.15) is 5.10 Å². The Morgan fingerprint density at radius 3 is 2.58 bits per heavy atom. The number of nitrogens with one attached hydrogen (secondary N) is 1. The van der Waals surface area contributed by atoms with Gasteiger partial charge in [0.2, 0.25) is 0 Å². The van der Waals surface area contributed by atoms with Crippen LogP contribution in [0.5, 0.6) is 0 Å². The molecule has 1 unspecified atom stereocenters. The topological polar surface area (TPSA) is 29.9 Å². The van der Waals surface area contributed by atoms with E-state index >= 15 is 0 Å². The molecule has 110 valence electrons. The fraction of sp³-hybridized carbons (Fsp3) is 0.812. The van der Waals surface area contributed by atoms with Crippen molar-refractivity contribution < 1.29 is 0 Å². The van der Waals surface area contributed by atoms with Crippen molar-refractivity contribution in [1.29, 1.82) is 0 Å². The molecule has 19 heavy (non-hydrogen) atoms. The highest BCUT2D eigenvalue weighted by Gasteiger charge is 2.23. The first-order valence-corrected chi connectivity index (χ1v) is 7.72. The highest BCUT2D eigenvalue weighted by Crippen LogP contribution is 2.23. The first kappa shape index (κ1) is 16.2. The van der Waals surface area contributed by atoms with Gasteiger partial charge in [-0.05, 0) is 43.2 Å². The summed E-state index contributed by atoms with van der Waals surface area (Å²) in [7, 11) is 0. The molecular formula is C16H31N3. The Morgan fingerprint density at radius 2 is 2.00 bits per heavy atom. The maximum absolute atomic E-state index is 4.40. The summed E-state index contributed by atoms with van der Waals surface area (Å²) in [4.78, 5) is 0. The fourth-order valence-electron chi connectivity index (χ4n) is 2.36. The van der Waals surface area contributed by atoms with Crippen LogP contribution in [0.2, 0.25) is 0 Å². The molecule has 0 aliphatic rings. The average molecular weight is 265 g/mol. The summed E-state index contributed by atoms with van der Waals surface area (Å²) in [5, 5.41) is 8.09. The molecule has 3 nitrogen and oxygen atoms in total. The summed E-state index contributed by atoms with van der Waals surface area (Å²) >= 11 is 0. The lowest BCUT2D eigenvalue weighted by atomic mass is 9.83. The van der Waals surface area contributed by atoms with Crippen molar-refractivity contribution in [3.63, 3.8) is 0 Å². The highest BCUT2D eigenvalue weighted by atomic mass is 15.3. The highest BCUT2D eigenvalue weighted by molar-refractivity contribution is 5.04. The molecule has 0 saturated heterocycles. The maximum atomic E-state index is 4.40. The molecule has 1 aromatic heterocycles. The normalized spacial score (nSPS) is 13.7. The van der Waals surface area contributed by atoms with Crippen LogP contribution in [0.4, 0.5) is 0 Å². The van der Waals surface area contributed by atoms with Crippen molar-refractivity contribution in [2.24, 2.45) is 5.41 Å². The molecule has 0 aliphatic carbocycles. The third-order valence-electron chi connectivity index (χ3n) is 3.55. The van der Waals surface area contributed by atoms with Crippen molar-refractivity contribution in [3.8, 4) is 0 Å². The van der Waals surface area contributed by atoms with E-state index < -0.39 is 0 Å². The lowest BCUT2D eigenvalue weighted by molar-refractivity contribution is 0.255. The van der Waals surface area contributed by atoms with Crippen molar-refractivity contribution >= 4 is 0 Å². The van der Waals surface area contributed by atoms with Crippen molar-refractivity contribution in [1.82, 2.24) is 15.1 Å². The van der Waals surface area contributed by atoms with Gasteiger partial charge in [0.05, 0.1) is 6.20 Å². The molecule has 1 heterocycles. The van der Waals surface area contributed by atoms with E-state index in [2.05, 4.69) is 55.9 Å². The molecule has 0 fully saturated rings. The van der Waals surface area contributed by atoms with Gasteiger partial charge in [-0.25, -0.2) is 0 Å². The van der Waals surface area contributed by atoms with Crippen molar-refractivity contribution in [2.45, 2.75) is 72.9 Å². The zero-order valence-electron chi connectivity index (χ0n) is 13.4. The second kappa shape index (κ2) is 7.68. The molecule has 0 aromatic carbocycles. The number of aryl methyl sites for hydroxylation is 2. The summed E-state index contributed by atoms with van der Waals surface area (Å²) in [6, 6.07) is 0.571. The second-order valence-corrected chi connectivity index (χ2v) is 6.52. The minimum absolute atomic E-state index is 0.314. The predicted octanol–water partition coefficient (Wildman–Crippen LogP) is 3.64. The largest absolute Gasteiger partial charge is 0.313 e.